The topological polar surface area (TPSA) is 66.5 Å². The summed E-state index contributed by atoms with van der Waals surface area (Å²) >= 11 is 0. The van der Waals surface area contributed by atoms with E-state index >= 15 is 0 Å². The molecule has 0 aliphatic carbocycles. The van der Waals surface area contributed by atoms with E-state index in [9.17, 15) is 13.2 Å². The van der Waals surface area contributed by atoms with Crippen LogP contribution < -0.4 is 5.32 Å². The van der Waals surface area contributed by atoms with Crippen LogP contribution in [0.3, 0.4) is 0 Å². The standard InChI is InChI=1S/C15H22N2O3S.ClH/c1-11-6-7-12(9-14(11)21(3,19)20)15(18)17-8-4-5-13(10-17)16-2;/h6-7,9,13,16H,4-5,8,10H2,1-3H3;1H. The maximum atomic E-state index is 12.6. The van der Waals surface area contributed by atoms with Crippen LogP contribution in [0.4, 0.5) is 0 Å². The monoisotopic (exact) mass is 346 g/mol. The van der Waals surface area contributed by atoms with Gasteiger partial charge in [0.25, 0.3) is 5.91 Å². The number of sulfone groups is 1. The summed E-state index contributed by atoms with van der Waals surface area (Å²) in [5, 5.41) is 3.20. The molecular formula is C15H23ClN2O3S. The summed E-state index contributed by atoms with van der Waals surface area (Å²) in [5.41, 5.74) is 1.11. The van der Waals surface area contributed by atoms with Crippen molar-refractivity contribution >= 4 is 28.2 Å². The number of likely N-dealkylation sites (tertiary alicyclic amines) is 1. The highest BCUT2D eigenvalue weighted by molar-refractivity contribution is 7.90. The Bertz CT molecular complexity index is 646. The lowest BCUT2D eigenvalue weighted by molar-refractivity contribution is 0.0698. The minimum atomic E-state index is -3.32. The predicted octanol–water partition coefficient (Wildman–Crippen LogP) is 1.64. The molecule has 1 atom stereocenters. The van der Waals surface area contributed by atoms with Crippen molar-refractivity contribution in [3.63, 3.8) is 0 Å². The van der Waals surface area contributed by atoms with Gasteiger partial charge in [-0.25, -0.2) is 8.42 Å². The van der Waals surface area contributed by atoms with E-state index < -0.39 is 9.84 Å². The Labute approximate surface area is 138 Å². The van der Waals surface area contributed by atoms with Gasteiger partial charge in [0.1, 0.15) is 0 Å². The van der Waals surface area contributed by atoms with Crippen molar-refractivity contribution in [2.24, 2.45) is 0 Å². The number of carbonyl (C=O) groups is 1. The number of benzene rings is 1. The van der Waals surface area contributed by atoms with Crippen LogP contribution >= 0.6 is 12.4 Å². The van der Waals surface area contributed by atoms with Gasteiger partial charge in [-0.3, -0.25) is 4.79 Å². The average Bonchev–Trinajstić information content (AvgIpc) is 2.46. The SMILES string of the molecule is CNC1CCCN(C(=O)c2ccc(C)c(S(C)(=O)=O)c2)C1.Cl. The Kier molecular flexibility index (Phi) is 6.40. The zero-order valence-electron chi connectivity index (χ0n) is 13.1. The van der Waals surface area contributed by atoms with Gasteiger partial charge >= 0.3 is 0 Å². The van der Waals surface area contributed by atoms with Crippen molar-refractivity contribution in [3.8, 4) is 0 Å². The molecule has 1 amide bonds. The highest BCUT2D eigenvalue weighted by Crippen LogP contribution is 2.20. The number of carbonyl (C=O) groups excluding carboxylic acids is 1. The van der Waals surface area contributed by atoms with Gasteiger partial charge in [-0.15, -0.1) is 12.4 Å². The second kappa shape index (κ2) is 7.44. The molecule has 1 fully saturated rings. The van der Waals surface area contributed by atoms with E-state index in [2.05, 4.69) is 5.32 Å². The molecule has 1 aromatic carbocycles. The molecule has 1 aliphatic rings. The number of nitrogens with one attached hydrogen (secondary N) is 1. The Morgan fingerprint density at radius 3 is 2.64 bits per heavy atom. The van der Waals surface area contributed by atoms with E-state index in [0.717, 1.165) is 19.4 Å². The molecule has 0 saturated carbocycles. The van der Waals surface area contributed by atoms with Gasteiger partial charge in [0.2, 0.25) is 0 Å². The first-order valence-corrected chi connectivity index (χ1v) is 8.99. The third-order valence-corrected chi connectivity index (χ3v) is 5.19. The number of aryl methyl sites for hydroxylation is 1. The van der Waals surface area contributed by atoms with Crippen LogP contribution in [0, 0.1) is 6.92 Å². The normalized spacial score (nSPS) is 18.7. The van der Waals surface area contributed by atoms with Crippen LogP contribution in [0.15, 0.2) is 23.1 Å². The minimum Gasteiger partial charge on any atom is -0.337 e. The first-order chi connectivity index (χ1) is 9.82. The Balaban J connectivity index is 0.00000242. The van der Waals surface area contributed by atoms with E-state index in [1.165, 1.54) is 12.3 Å². The molecule has 1 aliphatic heterocycles. The van der Waals surface area contributed by atoms with Gasteiger partial charge < -0.3 is 10.2 Å². The molecule has 0 radical (unpaired) electrons. The molecule has 22 heavy (non-hydrogen) atoms. The molecule has 1 saturated heterocycles. The van der Waals surface area contributed by atoms with Crippen LogP contribution in [-0.4, -0.2) is 51.7 Å². The third kappa shape index (κ3) is 4.21. The quantitative estimate of drug-likeness (QED) is 0.903. The lowest BCUT2D eigenvalue weighted by Crippen LogP contribution is -2.47. The summed E-state index contributed by atoms with van der Waals surface area (Å²) in [7, 11) is -1.42. The Hall–Kier alpha value is -1.11. The molecule has 2 rings (SSSR count). The summed E-state index contributed by atoms with van der Waals surface area (Å²) in [4.78, 5) is 14.6. The van der Waals surface area contributed by atoms with Gasteiger partial charge in [-0.05, 0) is 44.5 Å². The molecule has 1 N–H and O–H groups in total. The van der Waals surface area contributed by atoms with E-state index in [1.54, 1.807) is 24.0 Å². The third-order valence-electron chi connectivity index (χ3n) is 3.95. The van der Waals surface area contributed by atoms with E-state index in [4.69, 9.17) is 0 Å². The van der Waals surface area contributed by atoms with Crippen molar-refractivity contribution in [1.82, 2.24) is 10.2 Å². The molecule has 0 spiro atoms. The molecule has 0 bridgehead atoms. The molecule has 1 unspecified atom stereocenters. The van der Waals surface area contributed by atoms with Crippen LogP contribution in [0.25, 0.3) is 0 Å². The first kappa shape index (κ1) is 18.9. The fourth-order valence-corrected chi connectivity index (χ4v) is 3.71. The van der Waals surface area contributed by atoms with Crippen LogP contribution in [-0.2, 0) is 9.84 Å². The van der Waals surface area contributed by atoms with Crippen LogP contribution in [0.1, 0.15) is 28.8 Å². The maximum Gasteiger partial charge on any atom is 0.253 e. The second-order valence-electron chi connectivity index (χ2n) is 5.63. The lowest BCUT2D eigenvalue weighted by Gasteiger charge is -2.32. The Morgan fingerprint density at radius 1 is 1.36 bits per heavy atom. The molecule has 5 nitrogen and oxygen atoms in total. The fraction of sp³-hybridized carbons (Fsp3) is 0.533. The minimum absolute atomic E-state index is 0. The second-order valence-corrected chi connectivity index (χ2v) is 7.62. The summed E-state index contributed by atoms with van der Waals surface area (Å²) < 4.78 is 23.5. The van der Waals surface area contributed by atoms with Gasteiger partial charge in [-0.2, -0.15) is 0 Å². The van der Waals surface area contributed by atoms with Crippen LogP contribution in [0.5, 0.6) is 0 Å². The molecule has 0 aromatic heterocycles. The van der Waals surface area contributed by atoms with E-state index in [0.29, 0.717) is 23.7 Å². The molecule has 1 heterocycles. The van der Waals surface area contributed by atoms with Crippen molar-refractivity contribution < 1.29 is 13.2 Å². The van der Waals surface area contributed by atoms with Gasteiger partial charge in [0, 0.05) is 31.0 Å². The number of hydrogen-bond acceptors (Lipinski definition) is 4. The predicted molar refractivity (Wildman–Crippen MR) is 89.5 cm³/mol. The lowest BCUT2D eigenvalue weighted by atomic mass is 10.0. The zero-order chi connectivity index (χ0) is 15.6. The number of nitrogens with zero attached hydrogens (tertiary/aromatic N) is 1. The first-order valence-electron chi connectivity index (χ1n) is 7.10. The van der Waals surface area contributed by atoms with Crippen molar-refractivity contribution in [1.29, 1.82) is 0 Å². The molecule has 7 heteroatoms. The summed E-state index contributed by atoms with van der Waals surface area (Å²) in [6, 6.07) is 5.21. The van der Waals surface area contributed by atoms with Crippen molar-refractivity contribution in [2.45, 2.75) is 30.7 Å². The summed E-state index contributed by atoms with van der Waals surface area (Å²) in [5.74, 6) is -0.0974. The number of piperidine rings is 1. The number of amides is 1. The number of hydrogen-bond donors (Lipinski definition) is 1. The van der Waals surface area contributed by atoms with Crippen molar-refractivity contribution in [3.05, 3.63) is 29.3 Å². The summed E-state index contributed by atoms with van der Waals surface area (Å²) in [6.07, 6.45) is 3.19. The number of halogens is 1. The Morgan fingerprint density at radius 2 is 2.05 bits per heavy atom. The number of likely N-dealkylation sites (N-methyl/N-ethyl adjacent to an activating group) is 1. The highest BCUT2D eigenvalue weighted by atomic mass is 35.5. The van der Waals surface area contributed by atoms with E-state index in [1.807, 2.05) is 7.05 Å². The maximum absolute atomic E-state index is 12.6. The zero-order valence-corrected chi connectivity index (χ0v) is 14.8. The smallest absolute Gasteiger partial charge is 0.253 e. The van der Waals surface area contributed by atoms with Gasteiger partial charge in [0.15, 0.2) is 9.84 Å². The highest BCUT2D eigenvalue weighted by Gasteiger charge is 2.24. The number of rotatable bonds is 3. The van der Waals surface area contributed by atoms with Crippen molar-refractivity contribution in [2.75, 3.05) is 26.4 Å². The largest absolute Gasteiger partial charge is 0.337 e. The fourth-order valence-electron chi connectivity index (χ4n) is 2.71. The van der Waals surface area contributed by atoms with Crippen LogP contribution in [0.2, 0.25) is 0 Å². The van der Waals surface area contributed by atoms with E-state index in [-0.39, 0.29) is 23.2 Å². The average molecular weight is 347 g/mol. The molecule has 124 valence electrons. The summed E-state index contributed by atoms with van der Waals surface area (Å²) in [6.45, 7) is 3.12. The van der Waals surface area contributed by atoms with Gasteiger partial charge in [0.05, 0.1) is 4.90 Å². The van der Waals surface area contributed by atoms with Gasteiger partial charge in [-0.1, -0.05) is 6.07 Å². The molecule has 1 aromatic rings. The molecular weight excluding hydrogens is 324 g/mol.